The van der Waals surface area contributed by atoms with E-state index in [4.69, 9.17) is 9.47 Å². The zero-order valence-corrected chi connectivity index (χ0v) is 18.1. The lowest BCUT2D eigenvalue weighted by molar-refractivity contribution is 0.0527. The second-order valence-corrected chi connectivity index (χ2v) is 7.74. The molecule has 0 unspecified atom stereocenters. The predicted molar refractivity (Wildman–Crippen MR) is 122 cm³/mol. The second kappa shape index (κ2) is 8.26. The molecule has 31 heavy (non-hydrogen) atoms. The average molecular weight is 415 g/mol. The first-order chi connectivity index (χ1) is 14.9. The highest BCUT2D eigenvalue weighted by molar-refractivity contribution is 6.07. The highest BCUT2D eigenvalue weighted by Crippen LogP contribution is 2.33. The third-order valence-electron chi connectivity index (χ3n) is 5.44. The number of carbonyl (C=O) groups is 2. The van der Waals surface area contributed by atoms with Crippen LogP contribution < -0.4 is 4.74 Å². The van der Waals surface area contributed by atoms with E-state index in [0.717, 1.165) is 22.0 Å². The van der Waals surface area contributed by atoms with Crippen LogP contribution in [0.5, 0.6) is 5.75 Å². The Morgan fingerprint density at radius 1 is 0.935 bits per heavy atom. The van der Waals surface area contributed by atoms with Crippen molar-refractivity contribution >= 4 is 33.6 Å². The molecule has 0 aliphatic rings. The van der Waals surface area contributed by atoms with Crippen LogP contribution in [-0.4, -0.2) is 23.1 Å². The number of fused-ring (bicyclic) bond motifs is 2. The molecule has 0 spiro atoms. The summed E-state index contributed by atoms with van der Waals surface area (Å²) in [5.74, 6) is -0.423. The summed E-state index contributed by atoms with van der Waals surface area (Å²) in [5.41, 5.74) is 2.75. The van der Waals surface area contributed by atoms with E-state index in [1.54, 1.807) is 25.1 Å². The fraction of sp³-hybridized carbons (Fsp3) is 0.231. The van der Waals surface area contributed by atoms with Crippen molar-refractivity contribution in [3.05, 3.63) is 77.5 Å². The summed E-state index contributed by atoms with van der Waals surface area (Å²) < 4.78 is 13.1. The zero-order chi connectivity index (χ0) is 22.1. The predicted octanol–water partition coefficient (Wildman–Crippen LogP) is 6.08. The zero-order valence-electron chi connectivity index (χ0n) is 18.1. The number of hydrogen-bond donors (Lipinski definition) is 0. The Morgan fingerprint density at radius 2 is 1.68 bits per heavy atom. The van der Waals surface area contributed by atoms with Gasteiger partial charge in [-0.15, -0.1) is 0 Å². The standard InChI is InChI=1S/C26H25NO4/c1-5-30-26(29)24-17(4)27(16(2)3)23-14-13-19(15-22(23)24)31-25(28)21-12-8-10-18-9-6-7-11-20(18)21/h6-16H,5H2,1-4H3. The number of carbonyl (C=O) groups excluding carboxylic acids is 2. The van der Waals surface area contributed by atoms with Crippen LogP contribution in [0.3, 0.4) is 0 Å². The van der Waals surface area contributed by atoms with Crippen molar-refractivity contribution < 1.29 is 19.1 Å². The van der Waals surface area contributed by atoms with Crippen molar-refractivity contribution in [2.75, 3.05) is 6.61 Å². The first-order valence-corrected chi connectivity index (χ1v) is 10.4. The molecule has 0 aliphatic heterocycles. The van der Waals surface area contributed by atoms with Crippen molar-refractivity contribution in [2.24, 2.45) is 0 Å². The largest absolute Gasteiger partial charge is 0.462 e. The van der Waals surface area contributed by atoms with Gasteiger partial charge in [0.1, 0.15) is 5.75 Å². The van der Waals surface area contributed by atoms with E-state index in [-0.39, 0.29) is 12.0 Å². The molecule has 0 amide bonds. The van der Waals surface area contributed by atoms with Crippen LogP contribution in [0.15, 0.2) is 60.7 Å². The van der Waals surface area contributed by atoms with Crippen LogP contribution in [0.1, 0.15) is 53.2 Å². The Labute approximate surface area is 181 Å². The topological polar surface area (TPSA) is 57.5 Å². The Kier molecular flexibility index (Phi) is 5.51. The van der Waals surface area contributed by atoms with Crippen LogP contribution in [0, 0.1) is 6.92 Å². The van der Waals surface area contributed by atoms with Gasteiger partial charge in [-0.25, -0.2) is 9.59 Å². The first-order valence-electron chi connectivity index (χ1n) is 10.4. The van der Waals surface area contributed by atoms with Gasteiger partial charge in [0.25, 0.3) is 0 Å². The number of rotatable bonds is 5. The van der Waals surface area contributed by atoms with Gasteiger partial charge in [-0.05, 0) is 62.7 Å². The molecule has 1 aromatic heterocycles. The lowest BCUT2D eigenvalue weighted by Crippen LogP contribution is -2.09. The molecular weight excluding hydrogens is 390 g/mol. The van der Waals surface area contributed by atoms with E-state index in [2.05, 4.69) is 18.4 Å². The maximum atomic E-state index is 12.9. The molecule has 3 aromatic carbocycles. The van der Waals surface area contributed by atoms with Crippen molar-refractivity contribution in [2.45, 2.75) is 33.7 Å². The lowest BCUT2D eigenvalue weighted by atomic mass is 10.0. The molecule has 4 aromatic rings. The Bertz CT molecular complexity index is 1290. The van der Waals surface area contributed by atoms with Gasteiger partial charge in [0.15, 0.2) is 0 Å². The van der Waals surface area contributed by atoms with Gasteiger partial charge in [-0.1, -0.05) is 36.4 Å². The van der Waals surface area contributed by atoms with Crippen molar-refractivity contribution in [3.8, 4) is 5.75 Å². The maximum Gasteiger partial charge on any atom is 0.344 e. The van der Waals surface area contributed by atoms with Gasteiger partial charge < -0.3 is 14.0 Å². The van der Waals surface area contributed by atoms with Gasteiger partial charge >= 0.3 is 11.9 Å². The molecule has 5 nitrogen and oxygen atoms in total. The smallest absolute Gasteiger partial charge is 0.344 e. The molecule has 0 radical (unpaired) electrons. The van der Waals surface area contributed by atoms with Crippen LogP contribution >= 0.6 is 0 Å². The van der Waals surface area contributed by atoms with E-state index in [0.29, 0.717) is 28.9 Å². The maximum absolute atomic E-state index is 12.9. The summed E-state index contributed by atoms with van der Waals surface area (Å²) in [6, 6.07) is 18.8. The number of aromatic nitrogens is 1. The number of benzene rings is 3. The minimum absolute atomic E-state index is 0.162. The normalized spacial score (nSPS) is 11.3. The molecule has 158 valence electrons. The molecule has 0 N–H and O–H groups in total. The highest BCUT2D eigenvalue weighted by Gasteiger charge is 2.23. The minimum atomic E-state index is -0.436. The molecule has 0 fully saturated rings. The summed E-state index contributed by atoms with van der Waals surface area (Å²) in [7, 11) is 0. The van der Waals surface area contributed by atoms with E-state index in [1.807, 2.05) is 49.4 Å². The molecule has 0 bridgehead atoms. The number of hydrogen-bond acceptors (Lipinski definition) is 4. The van der Waals surface area contributed by atoms with Crippen LogP contribution in [0.25, 0.3) is 21.7 Å². The summed E-state index contributed by atoms with van der Waals surface area (Å²) in [6.45, 7) is 8.12. The molecule has 4 rings (SSSR count). The molecule has 0 saturated heterocycles. The number of esters is 2. The SMILES string of the molecule is CCOC(=O)c1c(C)n(C(C)C)c2ccc(OC(=O)c3cccc4ccccc34)cc12. The molecule has 1 heterocycles. The van der Waals surface area contributed by atoms with Gasteiger partial charge in [-0.2, -0.15) is 0 Å². The quantitative estimate of drug-likeness (QED) is 0.293. The summed E-state index contributed by atoms with van der Waals surface area (Å²) in [6.07, 6.45) is 0. The Balaban J connectivity index is 1.77. The van der Waals surface area contributed by atoms with Gasteiger partial charge in [-0.3, -0.25) is 0 Å². The van der Waals surface area contributed by atoms with Gasteiger partial charge in [0, 0.05) is 22.6 Å². The van der Waals surface area contributed by atoms with Crippen molar-refractivity contribution in [3.63, 3.8) is 0 Å². The Hall–Kier alpha value is -3.60. The molecule has 0 saturated carbocycles. The summed E-state index contributed by atoms with van der Waals surface area (Å²) in [5, 5.41) is 2.53. The van der Waals surface area contributed by atoms with E-state index >= 15 is 0 Å². The highest BCUT2D eigenvalue weighted by atomic mass is 16.5. The van der Waals surface area contributed by atoms with E-state index in [1.165, 1.54) is 0 Å². The van der Waals surface area contributed by atoms with Gasteiger partial charge in [0.05, 0.1) is 17.7 Å². The lowest BCUT2D eigenvalue weighted by Gasteiger charge is -2.13. The fourth-order valence-electron chi connectivity index (χ4n) is 4.18. The summed E-state index contributed by atoms with van der Waals surface area (Å²) in [4.78, 5) is 25.6. The third kappa shape index (κ3) is 3.67. The van der Waals surface area contributed by atoms with E-state index in [9.17, 15) is 9.59 Å². The van der Waals surface area contributed by atoms with Crippen LogP contribution in [-0.2, 0) is 4.74 Å². The Morgan fingerprint density at radius 3 is 2.42 bits per heavy atom. The van der Waals surface area contributed by atoms with E-state index < -0.39 is 5.97 Å². The van der Waals surface area contributed by atoms with Crippen molar-refractivity contribution in [1.82, 2.24) is 4.57 Å². The van der Waals surface area contributed by atoms with Crippen LogP contribution in [0.4, 0.5) is 0 Å². The third-order valence-corrected chi connectivity index (χ3v) is 5.44. The number of nitrogens with zero attached hydrogens (tertiary/aromatic N) is 1. The molecule has 0 atom stereocenters. The monoisotopic (exact) mass is 415 g/mol. The summed E-state index contributed by atoms with van der Waals surface area (Å²) >= 11 is 0. The van der Waals surface area contributed by atoms with Crippen molar-refractivity contribution in [1.29, 1.82) is 0 Å². The van der Waals surface area contributed by atoms with Crippen LogP contribution in [0.2, 0.25) is 0 Å². The molecular formula is C26H25NO4. The number of ether oxygens (including phenoxy) is 2. The first kappa shape index (κ1) is 20.7. The fourth-order valence-corrected chi connectivity index (χ4v) is 4.18. The molecule has 5 heteroatoms. The van der Waals surface area contributed by atoms with Gasteiger partial charge in [0.2, 0.25) is 0 Å². The average Bonchev–Trinajstić information content (AvgIpc) is 3.04. The molecule has 0 aliphatic carbocycles. The minimum Gasteiger partial charge on any atom is -0.462 e. The second-order valence-electron chi connectivity index (χ2n) is 7.74.